The minimum Gasteiger partial charge on any atom is -0.465 e. The van der Waals surface area contributed by atoms with E-state index >= 15 is 0 Å². The van der Waals surface area contributed by atoms with Crippen LogP contribution in [0.4, 0.5) is 74.6 Å². The van der Waals surface area contributed by atoms with Gasteiger partial charge in [-0.1, -0.05) is 0 Å². The Morgan fingerprint density at radius 3 is 1.24 bits per heavy atom. The van der Waals surface area contributed by atoms with Crippen molar-refractivity contribution in [2.24, 2.45) is 0 Å². The Balaban J connectivity index is 6.50. The summed E-state index contributed by atoms with van der Waals surface area (Å²) in [6.45, 7) is -1.33. The van der Waals surface area contributed by atoms with Crippen LogP contribution < -0.4 is 5.32 Å². The van der Waals surface area contributed by atoms with E-state index in [1.807, 2.05) is 0 Å². The minimum absolute atomic E-state index is 0.424. The fraction of sp³-hybridized carbons (Fsp3) is 0.846. The highest BCUT2D eigenvalue weighted by Crippen LogP contribution is 2.63. The van der Waals surface area contributed by atoms with Gasteiger partial charge in [0.1, 0.15) is 6.54 Å². The van der Waals surface area contributed by atoms with Crippen molar-refractivity contribution in [2.75, 3.05) is 13.2 Å². The van der Waals surface area contributed by atoms with Crippen LogP contribution >= 0.6 is 0 Å². The molecule has 0 aromatic carbocycles. The first-order valence-corrected chi connectivity index (χ1v) is 7.78. The maximum Gasteiger partial charge on any atom is 0.460 e. The molecular weight excluding hydrogens is 541 g/mol. The van der Waals surface area contributed by atoms with E-state index < -0.39 is 72.7 Å². The normalized spacial score (nSPS) is 15.2. The van der Waals surface area contributed by atoms with E-state index in [4.69, 9.17) is 0 Å². The lowest BCUT2D eigenvalue weighted by Gasteiger charge is -2.42. The van der Waals surface area contributed by atoms with E-state index in [0.29, 0.717) is 5.32 Å². The van der Waals surface area contributed by atoms with Crippen LogP contribution in [0.15, 0.2) is 0 Å². The molecule has 1 amide bonds. The predicted octanol–water partition coefficient (Wildman–Crippen LogP) is 4.68. The van der Waals surface area contributed by atoms with Crippen molar-refractivity contribution in [1.82, 2.24) is 5.32 Å². The van der Waals surface area contributed by atoms with Gasteiger partial charge in [0.2, 0.25) is 0 Å². The van der Waals surface area contributed by atoms with Crippen molar-refractivity contribution in [3.05, 3.63) is 0 Å². The minimum atomic E-state index is -8.79. The standard InChI is InChI=1S/C13H8F17NO3/c1-2-34-4(32)3-31-5(33)6(14,15)7(16,17)8(18,19)9(20,21)10(22,23)11(24,25)12(26,27)13(28,29)30/h2-3H2,1H3,(H,31,33). The molecule has 0 unspecified atom stereocenters. The van der Waals surface area contributed by atoms with Gasteiger partial charge in [0.25, 0.3) is 5.91 Å². The van der Waals surface area contributed by atoms with Crippen LogP contribution in [0.3, 0.4) is 0 Å². The van der Waals surface area contributed by atoms with E-state index in [-0.39, 0.29) is 0 Å². The van der Waals surface area contributed by atoms with Gasteiger partial charge in [0.15, 0.2) is 0 Å². The van der Waals surface area contributed by atoms with Crippen LogP contribution in [0.5, 0.6) is 0 Å². The SMILES string of the molecule is CCOC(=O)CNC(=O)C(F)(F)C(F)(F)C(F)(F)C(F)(F)C(F)(F)C(F)(F)C(F)(F)C(F)(F)F. The number of hydrogen-bond donors (Lipinski definition) is 1. The number of ether oxygens (including phenoxy) is 1. The number of alkyl halides is 17. The molecule has 4 nitrogen and oxygen atoms in total. The number of carbonyl (C=O) groups is 2. The van der Waals surface area contributed by atoms with Gasteiger partial charge in [-0.05, 0) is 6.92 Å². The van der Waals surface area contributed by atoms with Crippen molar-refractivity contribution >= 4 is 11.9 Å². The molecule has 0 aliphatic rings. The predicted molar refractivity (Wildman–Crippen MR) is 70.3 cm³/mol. The molecule has 0 saturated heterocycles. The quantitative estimate of drug-likeness (QED) is 0.319. The molecule has 34 heavy (non-hydrogen) atoms. The smallest absolute Gasteiger partial charge is 0.460 e. The lowest BCUT2D eigenvalue weighted by molar-refractivity contribution is -0.459. The number of hydrogen-bond acceptors (Lipinski definition) is 3. The molecule has 1 N–H and O–H groups in total. The molecule has 0 rings (SSSR count). The van der Waals surface area contributed by atoms with E-state index in [2.05, 4.69) is 4.74 Å². The lowest BCUT2D eigenvalue weighted by atomic mass is 9.89. The second kappa shape index (κ2) is 8.76. The van der Waals surface area contributed by atoms with Crippen molar-refractivity contribution in [3.63, 3.8) is 0 Å². The van der Waals surface area contributed by atoms with Crippen molar-refractivity contribution < 1.29 is 89.0 Å². The van der Waals surface area contributed by atoms with Crippen molar-refractivity contribution in [1.29, 1.82) is 0 Å². The molecule has 0 aliphatic carbocycles. The average Bonchev–Trinajstić information content (AvgIpc) is 2.64. The molecule has 0 aromatic heterocycles. The summed E-state index contributed by atoms with van der Waals surface area (Å²) in [5, 5.41) is 0.424. The van der Waals surface area contributed by atoms with Gasteiger partial charge in [-0.25, -0.2) is 0 Å². The third-order valence-electron chi connectivity index (χ3n) is 3.71. The summed E-state index contributed by atoms with van der Waals surface area (Å²) in [6.07, 6.45) is -7.86. The topological polar surface area (TPSA) is 55.4 Å². The summed E-state index contributed by atoms with van der Waals surface area (Å²) >= 11 is 0. The summed E-state index contributed by atoms with van der Waals surface area (Å²) in [4.78, 5) is 21.8. The molecule has 21 heteroatoms. The molecule has 0 fully saturated rings. The highest BCUT2D eigenvalue weighted by Gasteiger charge is 2.95. The lowest BCUT2D eigenvalue weighted by Crippen LogP contribution is -2.75. The Labute approximate surface area is 175 Å². The zero-order chi connectivity index (χ0) is 28.0. The van der Waals surface area contributed by atoms with Crippen molar-refractivity contribution in [3.8, 4) is 0 Å². The van der Waals surface area contributed by atoms with Gasteiger partial charge < -0.3 is 10.1 Å². The van der Waals surface area contributed by atoms with E-state index in [1.165, 1.54) is 0 Å². The third kappa shape index (κ3) is 4.40. The molecule has 0 radical (unpaired) electrons. The second-order valence-corrected chi connectivity index (χ2v) is 6.01. The molecule has 0 atom stereocenters. The fourth-order valence-corrected chi connectivity index (χ4v) is 1.78. The molecular formula is C13H8F17NO3. The number of halogens is 17. The summed E-state index contributed by atoms with van der Waals surface area (Å²) < 4.78 is 225. The Hall–Kier alpha value is -2.25. The van der Waals surface area contributed by atoms with Crippen LogP contribution in [0.1, 0.15) is 6.92 Å². The molecule has 0 saturated carbocycles. The van der Waals surface area contributed by atoms with Gasteiger partial charge >= 0.3 is 53.6 Å². The molecule has 202 valence electrons. The summed E-state index contributed by atoms with van der Waals surface area (Å²) in [5.41, 5.74) is 0. The van der Waals surface area contributed by atoms with Gasteiger partial charge in [0.05, 0.1) is 6.61 Å². The molecule has 0 spiro atoms. The maximum atomic E-state index is 13.5. The van der Waals surface area contributed by atoms with E-state index in [1.54, 1.807) is 0 Å². The first kappa shape index (κ1) is 31.8. The fourth-order valence-electron chi connectivity index (χ4n) is 1.78. The van der Waals surface area contributed by atoms with E-state index in [9.17, 15) is 84.2 Å². The van der Waals surface area contributed by atoms with Crippen LogP contribution in [-0.4, -0.2) is 72.7 Å². The number of esters is 1. The third-order valence-corrected chi connectivity index (χ3v) is 3.71. The van der Waals surface area contributed by atoms with E-state index in [0.717, 1.165) is 6.92 Å². The van der Waals surface area contributed by atoms with Gasteiger partial charge in [-0.2, -0.15) is 74.6 Å². The molecule has 0 heterocycles. The number of carbonyl (C=O) groups excluding carboxylic acids is 2. The number of amides is 1. The maximum absolute atomic E-state index is 13.5. The van der Waals surface area contributed by atoms with Crippen molar-refractivity contribution in [2.45, 2.75) is 54.6 Å². The van der Waals surface area contributed by atoms with Crippen LogP contribution in [0.2, 0.25) is 0 Å². The Kier molecular flexibility index (Phi) is 8.18. The van der Waals surface area contributed by atoms with Gasteiger partial charge in [-0.15, -0.1) is 0 Å². The average molecular weight is 549 g/mol. The summed E-state index contributed by atoms with van der Waals surface area (Å²) in [5.74, 6) is -64.0. The highest BCUT2D eigenvalue weighted by molar-refractivity contribution is 5.88. The number of nitrogens with one attached hydrogen (secondary N) is 1. The Morgan fingerprint density at radius 1 is 0.588 bits per heavy atom. The summed E-state index contributed by atoms with van der Waals surface area (Å²) in [7, 11) is 0. The number of rotatable bonds is 10. The Morgan fingerprint density at radius 2 is 0.912 bits per heavy atom. The molecule has 0 aliphatic heterocycles. The van der Waals surface area contributed by atoms with Crippen LogP contribution in [0.25, 0.3) is 0 Å². The van der Waals surface area contributed by atoms with Crippen LogP contribution in [-0.2, 0) is 14.3 Å². The largest absolute Gasteiger partial charge is 0.465 e. The zero-order valence-electron chi connectivity index (χ0n) is 15.6. The first-order valence-electron chi connectivity index (χ1n) is 7.78. The van der Waals surface area contributed by atoms with Crippen LogP contribution in [0, 0.1) is 0 Å². The first-order chi connectivity index (χ1) is 14.6. The van der Waals surface area contributed by atoms with Gasteiger partial charge in [0, 0.05) is 0 Å². The molecule has 0 aromatic rings. The highest BCUT2D eigenvalue weighted by atomic mass is 19.4. The zero-order valence-corrected chi connectivity index (χ0v) is 15.6. The summed E-state index contributed by atoms with van der Waals surface area (Å²) in [6, 6.07) is 0. The Bertz CT molecular complexity index is 773. The molecule has 0 bridgehead atoms. The second-order valence-electron chi connectivity index (χ2n) is 6.01. The monoisotopic (exact) mass is 549 g/mol. The van der Waals surface area contributed by atoms with Gasteiger partial charge in [-0.3, -0.25) is 9.59 Å².